The molecule has 2 N–H and O–H groups in total. The molecule has 184 valence electrons. The summed E-state index contributed by atoms with van der Waals surface area (Å²) < 4.78 is 13.2. The minimum atomic E-state index is -1.87. The first-order valence-electron chi connectivity index (χ1n) is 12.2. The number of hydrogen-bond acceptors (Lipinski definition) is 4. The molecule has 4 aromatic carbocycles. The van der Waals surface area contributed by atoms with Gasteiger partial charge in [0.25, 0.3) is 0 Å². The van der Waals surface area contributed by atoms with Crippen LogP contribution in [0.4, 0.5) is 0 Å². The molecule has 0 aliphatic heterocycles. The molecule has 0 saturated heterocycles. The zero-order valence-corrected chi connectivity index (χ0v) is 21.8. The molecule has 0 heterocycles. The van der Waals surface area contributed by atoms with Crippen LogP contribution < -0.4 is 21.2 Å². The second-order valence-corrected chi connectivity index (χ2v) is 12.5. The van der Waals surface area contributed by atoms with E-state index < -0.39 is 27.9 Å². The van der Waals surface area contributed by atoms with Crippen LogP contribution in [0.3, 0.4) is 0 Å². The lowest BCUT2D eigenvalue weighted by Gasteiger charge is -2.48. The molecular formula is C30H30O4P2. The van der Waals surface area contributed by atoms with E-state index in [0.29, 0.717) is 0 Å². The predicted molar refractivity (Wildman–Crippen MR) is 149 cm³/mol. The van der Waals surface area contributed by atoms with Gasteiger partial charge in [0.15, 0.2) is 0 Å². The molecule has 0 bridgehead atoms. The van der Waals surface area contributed by atoms with Gasteiger partial charge in [-0.3, -0.25) is 0 Å². The fraction of sp³-hybridized carbons (Fsp3) is 0.200. The first-order valence-corrected chi connectivity index (χ1v) is 14.7. The molecule has 1 saturated carbocycles. The Kier molecular flexibility index (Phi) is 7.93. The van der Waals surface area contributed by atoms with E-state index in [1.54, 1.807) is 0 Å². The largest absolute Gasteiger partial charge is 0.361 e. The second kappa shape index (κ2) is 11.3. The molecule has 0 radical (unpaired) electrons. The molecule has 1 fully saturated rings. The maximum Gasteiger partial charge on any atom is 0.225 e. The first-order chi connectivity index (χ1) is 17.6. The van der Waals surface area contributed by atoms with Gasteiger partial charge in [0, 0.05) is 34.1 Å². The number of aliphatic hydroxyl groups is 2. The summed E-state index contributed by atoms with van der Waals surface area (Å²) in [6.07, 6.45) is 2.05. The van der Waals surface area contributed by atoms with Crippen LogP contribution in [0.25, 0.3) is 0 Å². The van der Waals surface area contributed by atoms with Gasteiger partial charge in [0.1, 0.15) is 0 Å². The highest BCUT2D eigenvalue weighted by Crippen LogP contribution is 2.53. The van der Waals surface area contributed by atoms with E-state index in [-0.39, 0.29) is 12.8 Å². The van der Waals surface area contributed by atoms with Crippen LogP contribution in [-0.2, 0) is 9.05 Å². The minimum absolute atomic E-state index is 0.286. The molecule has 4 aromatic rings. The molecule has 2 atom stereocenters. The monoisotopic (exact) mass is 516 g/mol. The van der Waals surface area contributed by atoms with Crippen molar-refractivity contribution < 1.29 is 19.3 Å². The van der Waals surface area contributed by atoms with Crippen LogP contribution in [0.5, 0.6) is 0 Å². The lowest BCUT2D eigenvalue weighted by Crippen LogP contribution is -2.59. The number of hydrogen-bond donors (Lipinski definition) is 2. The van der Waals surface area contributed by atoms with E-state index in [2.05, 4.69) is 0 Å². The molecular weight excluding hydrogens is 486 g/mol. The summed E-state index contributed by atoms with van der Waals surface area (Å²) in [5.74, 6) is -3.74. The molecule has 0 spiro atoms. The Morgan fingerprint density at radius 3 is 0.944 bits per heavy atom. The molecule has 0 aromatic heterocycles. The third-order valence-electron chi connectivity index (χ3n) is 6.34. The Hall–Kier alpha value is -2.42. The van der Waals surface area contributed by atoms with Crippen molar-refractivity contribution in [2.24, 2.45) is 0 Å². The van der Waals surface area contributed by atoms with Gasteiger partial charge in [-0.25, -0.2) is 0 Å². The lowest BCUT2D eigenvalue weighted by molar-refractivity contribution is -0.341. The molecule has 5 rings (SSSR count). The average molecular weight is 517 g/mol. The van der Waals surface area contributed by atoms with Crippen molar-refractivity contribution in [3.63, 3.8) is 0 Å². The normalized spacial score (nSPS) is 22.1. The van der Waals surface area contributed by atoms with E-state index in [0.717, 1.165) is 34.1 Å². The summed E-state index contributed by atoms with van der Waals surface area (Å²) in [6.45, 7) is 0. The lowest BCUT2D eigenvalue weighted by atomic mass is 9.88. The Bertz CT molecular complexity index is 1050. The van der Waals surface area contributed by atoms with E-state index in [4.69, 9.17) is 9.05 Å². The Morgan fingerprint density at radius 1 is 0.444 bits per heavy atom. The van der Waals surface area contributed by atoms with E-state index in [1.165, 1.54) is 0 Å². The highest BCUT2D eigenvalue weighted by molar-refractivity contribution is 7.69. The van der Waals surface area contributed by atoms with Gasteiger partial charge in [-0.05, 0) is 12.8 Å². The van der Waals surface area contributed by atoms with Gasteiger partial charge in [-0.15, -0.1) is 0 Å². The summed E-state index contributed by atoms with van der Waals surface area (Å²) >= 11 is 0. The van der Waals surface area contributed by atoms with Crippen LogP contribution in [-0.4, -0.2) is 21.8 Å². The molecule has 1 aliphatic carbocycles. The molecule has 0 unspecified atom stereocenters. The Balaban J connectivity index is 1.52. The van der Waals surface area contributed by atoms with Crippen LogP contribution >= 0.6 is 16.3 Å². The van der Waals surface area contributed by atoms with E-state index in [1.807, 2.05) is 121 Å². The zero-order chi connectivity index (χ0) is 24.8. The highest BCUT2D eigenvalue weighted by Gasteiger charge is 2.56. The number of benzene rings is 4. The van der Waals surface area contributed by atoms with E-state index >= 15 is 0 Å². The van der Waals surface area contributed by atoms with Crippen LogP contribution in [0.2, 0.25) is 0 Å². The minimum Gasteiger partial charge on any atom is -0.361 e. The summed E-state index contributed by atoms with van der Waals surface area (Å²) in [4.78, 5) is 0. The van der Waals surface area contributed by atoms with Crippen molar-refractivity contribution in [2.75, 3.05) is 0 Å². The molecule has 6 heteroatoms. The van der Waals surface area contributed by atoms with Crippen molar-refractivity contribution in [2.45, 2.75) is 37.3 Å². The Labute approximate surface area is 215 Å². The highest BCUT2D eigenvalue weighted by atomic mass is 31.1. The average Bonchev–Trinajstić information content (AvgIpc) is 2.94. The third-order valence-corrected chi connectivity index (χ3v) is 10.4. The fourth-order valence-electron chi connectivity index (χ4n) is 4.42. The second-order valence-electron chi connectivity index (χ2n) is 8.89. The topological polar surface area (TPSA) is 58.9 Å². The van der Waals surface area contributed by atoms with Crippen molar-refractivity contribution in [1.82, 2.24) is 0 Å². The zero-order valence-electron chi connectivity index (χ0n) is 20.0. The standard InChI is InChI=1S/C30H30O4P2/c31-29(33-35(25-15-5-1-6-16-25)26-17-7-2-8-18-26)23-13-14-24-30(29,32)34-36(27-19-9-3-10-20-27)28-21-11-4-12-22-28/h1-12,15-22,31-32H,13-14,23-24H2/t29-,30+. The maximum absolute atomic E-state index is 12.1. The summed E-state index contributed by atoms with van der Waals surface area (Å²) in [5, 5.41) is 28.0. The van der Waals surface area contributed by atoms with Gasteiger partial charge in [-0.2, -0.15) is 0 Å². The van der Waals surface area contributed by atoms with Crippen molar-refractivity contribution in [3.8, 4) is 0 Å². The van der Waals surface area contributed by atoms with Crippen LogP contribution in [0.1, 0.15) is 25.7 Å². The summed E-state index contributed by atoms with van der Waals surface area (Å²) in [5.41, 5.74) is 0. The summed E-state index contributed by atoms with van der Waals surface area (Å²) in [6, 6.07) is 39.6. The quantitative estimate of drug-likeness (QED) is 0.254. The van der Waals surface area contributed by atoms with Crippen LogP contribution in [0.15, 0.2) is 121 Å². The first kappa shape index (κ1) is 25.2. The maximum atomic E-state index is 12.1. The fourth-order valence-corrected chi connectivity index (χ4v) is 8.28. The number of rotatable bonds is 8. The molecule has 36 heavy (non-hydrogen) atoms. The van der Waals surface area contributed by atoms with Gasteiger partial charge in [0.2, 0.25) is 11.6 Å². The van der Waals surface area contributed by atoms with Gasteiger partial charge >= 0.3 is 0 Å². The molecule has 0 amide bonds. The Morgan fingerprint density at radius 2 is 0.694 bits per heavy atom. The molecule has 1 aliphatic rings. The van der Waals surface area contributed by atoms with Crippen molar-refractivity contribution >= 4 is 37.5 Å². The van der Waals surface area contributed by atoms with Gasteiger partial charge in [-0.1, -0.05) is 121 Å². The van der Waals surface area contributed by atoms with Crippen LogP contribution in [0, 0.1) is 0 Å². The third kappa shape index (κ3) is 5.45. The van der Waals surface area contributed by atoms with Crippen molar-refractivity contribution in [1.29, 1.82) is 0 Å². The smallest absolute Gasteiger partial charge is 0.225 e. The summed E-state index contributed by atoms with van der Waals surface area (Å²) in [7, 11) is -2.79. The predicted octanol–water partition coefficient (Wildman–Crippen LogP) is 5.07. The SMILES string of the molecule is O[C@@]1(OP(c2ccccc2)c2ccccc2)CCCC[C@]1(O)OP(c1ccccc1)c1ccccc1. The molecule has 4 nitrogen and oxygen atoms in total. The van der Waals surface area contributed by atoms with Gasteiger partial charge in [0.05, 0.1) is 16.3 Å². The van der Waals surface area contributed by atoms with E-state index in [9.17, 15) is 10.2 Å². The van der Waals surface area contributed by atoms with Gasteiger partial charge < -0.3 is 19.3 Å². The van der Waals surface area contributed by atoms with Crippen molar-refractivity contribution in [3.05, 3.63) is 121 Å².